The van der Waals surface area contributed by atoms with E-state index in [0.29, 0.717) is 6.54 Å². The monoisotopic (exact) mass is 387 g/mol. The van der Waals surface area contributed by atoms with E-state index in [2.05, 4.69) is 12.2 Å². The molecule has 0 saturated heterocycles. The minimum atomic E-state index is -1.79. The number of carbonyl (C=O) groups excluding carboxylic acids is 1. The Kier molecular flexibility index (Phi) is 17.0. The summed E-state index contributed by atoms with van der Waals surface area (Å²) in [5.41, 5.74) is -1.79. The summed E-state index contributed by atoms with van der Waals surface area (Å²) in [6.45, 7) is 3.34. The Labute approximate surface area is 166 Å². The molecular weight excluding hydrogens is 342 g/mol. The average molecular weight is 388 g/mol. The first-order valence-corrected chi connectivity index (χ1v) is 11.2. The molecule has 0 aromatic rings. The van der Waals surface area contributed by atoms with Gasteiger partial charge in [0.05, 0.1) is 6.61 Å². The predicted molar refractivity (Wildman–Crippen MR) is 112 cm³/mol. The van der Waals surface area contributed by atoms with Crippen LogP contribution in [0.15, 0.2) is 0 Å². The summed E-state index contributed by atoms with van der Waals surface area (Å²) in [5.74, 6) is -0.626. The van der Waals surface area contributed by atoms with Crippen molar-refractivity contribution < 1.29 is 20.1 Å². The van der Waals surface area contributed by atoms with Crippen molar-refractivity contribution in [2.45, 2.75) is 122 Å². The van der Waals surface area contributed by atoms with Crippen molar-refractivity contribution in [3.63, 3.8) is 0 Å². The zero-order valence-electron chi connectivity index (χ0n) is 17.8. The molecule has 0 heterocycles. The third kappa shape index (κ3) is 15.0. The van der Waals surface area contributed by atoms with E-state index in [4.69, 9.17) is 5.11 Å². The van der Waals surface area contributed by atoms with E-state index < -0.39 is 24.2 Å². The third-order valence-corrected chi connectivity index (χ3v) is 5.24. The predicted octanol–water partition coefficient (Wildman–Crippen LogP) is 4.08. The lowest BCUT2D eigenvalue weighted by atomic mass is 10.00. The van der Waals surface area contributed by atoms with E-state index in [1.807, 2.05) is 0 Å². The molecule has 0 aromatic heterocycles. The van der Waals surface area contributed by atoms with Gasteiger partial charge in [-0.2, -0.15) is 0 Å². The van der Waals surface area contributed by atoms with E-state index in [1.54, 1.807) is 0 Å². The molecule has 0 aromatic carbocycles. The summed E-state index contributed by atoms with van der Waals surface area (Å²) in [5, 5.41) is 30.8. The minimum Gasteiger partial charge on any atom is -0.393 e. The minimum absolute atomic E-state index is 0.496. The zero-order valence-corrected chi connectivity index (χ0v) is 17.8. The van der Waals surface area contributed by atoms with Gasteiger partial charge in [-0.15, -0.1) is 0 Å². The lowest BCUT2D eigenvalue weighted by Crippen LogP contribution is -2.51. The number of carbonyl (C=O) groups is 1. The lowest BCUT2D eigenvalue weighted by molar-refractivity contribution is -0.148. The van der Waals surface area contributed by atoms with Crippen molar-refractivity contribution in [3.05, 3.63) is 0 Å². The normalized spacial score (nSPS) is 14.7. The Hall–Kier alpha value is -0.650. The van der Waals surface area contributed by atoms with E-state index in [-0.39, 0.29) is 0 Å². The Morgan fingerprint density at radius 2 is 1.19 bits per heavy atom. The molecule has 0 rings (SSSR count). The quantitative estimate of drug-likeness (QED) is 0.251. The van der Waals surface area contributed by atoms with Crippen LogP contribution in [0.3, 0.4) is 0 Å². The van der Waals surface area contributed by atoms with Crippen LogP contribution >= 0.6 is 0 Å². The van der Waals surface area contributed by atoms with Crippen LogP contribution in [0.4, 0.5) is 0 Å². The first-order valence-electron chi connectivity index (χ1n) is 11.2. The summed E-state index contributed by atoms with van der Waals surface area (Å²) in [6, 6.07) is 0. The Morgan fingerprint density at radius 3 is 1.56 bits per heavy atom. The van der Waals surface area contributed by atoms with Gasteiger partial charge in [0, 0.05) is 6.54 Å². The molecule has 0 fully saturated rings. The van der Waals surface area contributed by atoms with Crippen molar-refractivity contribution in [2.75, 3.05) is 13.2 Å². The number of aliphatic hydroxyl groups excluding tert-OH is 2. The lowest BCUT2D eigenvalue weighted by Gasteiger charge is -2.25. The fraction of sp³-hybridized carbons (Fsp3) is 0.955. The summed E-state index contributed by atoms with van der Waals surface area (Å²) < 4.78 is 0. The maximum atomic E-state index is 11.7. The van der Waals surface area contributed by atoms with Gasteiger partial charge in [0.1, 0.15) is 5.60 Å². The Bertz CT molecular complexity index is 347. The Morgan fingerprint density at radius 1 is 0.815 bits per heavy atom. The van der Waals surface area contributed by atoms with Gasteiger partial charge in [-0.3, -0.25) is 4.79 Å². The van der Waals surface area contributed by atoms with Gasteiger partial charge in [-0.25, -0.2) is 0 Å². The molecule has 0 aliphatic carbocycles. The van der Waals surface area contributed by atoms with Crippen LogP contribution in [0.25, 0.3) is 0 Å². The van der Waals surface area contributed by atoms with Gasteiger partial charge in [-0.05, 0) is 13.3 Å². The molecule has 2 unspecified atom stereocenters. The highest BCUT2D eigenvalue weighted by Gasteiger charge is 2.34. The maximum Gasteiger partial charge on any atom is 0.251 e. The zero-order chi connectivity index (χ0) is 20.4. The second-order valence-corrected chi connectivity index (χ2v) is 8.16. The number of nitrogens with one attached hydrogen (secondary N) is 1. The molecule has 5 heteroatoms. The molecule has 0 bridgehead atoms. The number of hydrogen-bond donors (Lipinski definition) is 4. The van der Waals surface area contributed by atoms with Gasteiger partial charge in [-0.1, -0.05) is 96.8 Å². The SMILES string of the molecule is CCCCCCCCCCCCCCCCCNC(=O)C(O)C(C)(O)CO. The van der Waals surface area contributed by atoms with E-state index >= 15 is 0 Å². The highest BCUT2D eigenvalue weighted by molar-refractivity contribution is 5.81. The molecule has 0 spiro atoms. The van der Waals surface area contributed by atoms with Crippen LogP contribution < -0.4 is 5.32 Å². The van der Waals surface area contributed by atoms with Crippen molar-refractivity contribution in [2.24, 2.45) is 0 Å². The number of aliphatic hydroxyl groups is 3. The molecular formula is C22H45NO4. The number of amides is 1. The van der Waals surface area contributed by atoms with Crippen LogP contribution in [-0.2, 0) is 4.79 Å². The standard InChI is InChI=1S/C22H45NO4/c1-3-4-5-6-7-8-9-10-11-12-13-14-15-16-17-18-23-21(26)20(25)22(2,27)19-24/h20,24-25,27H,3-19H2,1-2H3,(H,23,26). The van der Waals surface area contributed by atoms with E-state index in [0.717, 1.165) is 12.8 Å². The first-order chi connectivity index (χ1) is 13.0. The molecule has 1 amide bonds. The number of hydrogen-bond acceptors (Lipinski definition) is 4. The second-order valence-electron chi connectivity index (χ2n) is 8.16. The van der Waals surface area contributed by atoms with Crippen LogP contribution in [0, 0.1) is 0 Å². The molecule has 0 aliphatic heterocycles. The molecule has 27 heavy (non-hydrogen) atoms. The van der Waals surface area contributed by atoms with Gasteiger partial charge >= 0.3 is 0 Å². The molecule has 5 nitrogen and oxygen atoms in total. The third-order valence-electron chi connectivity index (χ3n) is 5.24. The van der Waals surface area contributed by atoms with Gasteiger partial charge in [0.15, 0.2) is 6.10 Å². The molecule has 0 radical (unpaired) electrons. The van der Waals surface area contributed by atoms with Crippen molar-refractivity contribution in [3.8, 4) is 0 Å². The van der Waals surface area contributed by atoms with Crippen molar-refractivity contribution >= 4 is 5.91 Å². The molecule has 2 atom stereocenters. The fourth-order valence-corrected chi connectivity index (χ4v) is 3.17. The molecule has 162 valence electrons. The number of rotatable bonds is 19. The fourth-order valence-electron chi connectivity index (χ4n) is 3.17. The maximum absolute atomic E-state index is 11.7. The van der Waals surface area contributed by atoms with Crippen molar-refractivity contribution in [1.29, 1.82) is 0 Å². The highest BCUT2D eigenvalue weighted by Crippen LogP contribution is 2.13. The summed E-state index contributed by atoms with van der Waals surface area (Å²) >= 11 is 0. The topological polar surface area (TPSA) is 89.8 Å². The summed E-state index contributed by atoms with van der Waals surface area (Å²) in [6.07, 6.45) is 17.8. The van der Waals surface area contributed by atoms with Crippen molar-refractivity contribution in [1.82, 2.24) is 5.32 Å². The van der Waals surface area contributed by atoms with E-state index in [1.165, 1.54) is 90.4 Å². The summed E-state index contributed by atoms with van der Waals surface area (Å²) in [4.78, 5) is 11.7. The van der Waals surface area contributed by atoms with Crippen LogP contribution in [0.5, 0.6) is 0 Å². The molecule has 0 saturated carbocycles. The number of unbranched alkanes of at least 4 members (excludes halogenated alkanes) is 14. The van der Waals surface area contributed by atoms with Crippen LogP contribution in [-0.4, -0.2) is 46.1 Å². The van der Waals surface area contributed by atoms with Crippen LogP contribution in [0.2, 0.25) is 0 Å². The largest absolute Gasteiger partial charge is 0.393 e. The van der Waals surface area contributed by atoms with Crippen LogP contribution in [0.1, 0.15) is 110 Å². The summed E-state index contributed by atoms with van der Waals surface area (Å²) in [7, 11) is 0. The highest BCUT2D eigenvalue weighted by atomic mass is 16.4. The second kappa shape index (κ2) is 17.4. The molecule has 0 aliphatic rings. The van der Waals surface area contributed by atoms with E-state index in [9.17, 15) is 15.0 Å². The molecule has 4 N–H and O–H groups in total. The Balaban J connectivity index is 3.31. The smallest absolute Gasteiger partial charge is 0.251 e. The van der Waals surface area contributed by atoms with Gasteiger partial charge in [0.2, 0.25) is 0 Å². The average Bonchev–Trinajstić information content (AvgIpc) is 2.66. The first kappa shape index (κ1) is 26.4. The van der Waals surface area contributed by atoms with Gasteiger partial charge < -0.3 is 20.6 Å². The van der Waals surface area contributed by atoms with Gasteiger partial charge in [0.25, 0.3) is 5.91 Å².